The zero-order valence-corrected chi connectivity index (χ0v) is 12.9. The molecule has 3 N–H and O–H groups in total. The lowest BCUT2D eigenvalue weighted by Gasteiger charge is -2.25. The topological polar surface area (TPSA) is 90.1 Å². The summed E-state index contributed by atoms with van der Waals surface area (Å²) in [5.41, 5.74) is 6.25. The van der Waals surface area contributed by atoms with E-state index in [1.165, 1.54) is 0 Å². The molecule has 116 valence electrons. The van der Waals surface area contributed by atoms with Crippen molar-refractivity contribution in [2.24, 2.45) is 11.1 Å². The lowest BCUT2D eigenvalue weighted by Crippen LogP contribution is -2.45. The molecule has 0 aliphatic rings. The minimum absolute atomic E-state index is 0.232. The largest absolute Gasteiger partial charge is 0.437 e. The van der Waals surface area contributed by atoms with Crippen molar-refractivity contribution in [3.8, 4) is 11.6 Å². The molecule has 1 aromatic heterocycles. The van der Waals surface area contributed by atoms with Crippen molar-refractivity contribution >= 4 is 11.6 Å². The number of hydrogen-bond acceptors (Lipinski definition) is 5. The molecular formula is C16H20N4O2. The molecule has 6 heteroatoms. The van der Waals surface area contributed by atoms with Crippen LogP contribution in [0.1, 0.15) is 20.8 Å². The number of nitrogens with one attached hydrogen (secondary N) is 1. The van der Waals surface area contributed by atoms with Crippen LogP contribution >= 0.6 is 0 Å². The van der Waals surface area contributed by atoms with Gasteiger partial charge < -0.3 is 15.8 Å². The highest BCUT2D eigenvalue weighted by Crippen LogP contribution is 2.23. The van der Waals surface area contributed by atoms with Crippen molar-refractivity contribution in [2.75, 3.05) is 5.32 Å². The molecule has 1 aromatic carbocycles. The normalized spacial score (nSPS) is 12.5. The molecule has 2 rings (SSSR count). The molecule has 0 unspecified atom stereocenters. The summed E-state index contributed by atoms with van der Waals surface area (Å²) < 4.78 is 5.57. The number of rotatable bonds is 4. The number of carbonyl (C=O) groups is 1. The number of hydrogen-bond donors (Lipinski definition) is 2. The summed E-state index contributed by atoms with van der Waals surface area (Å²) in [7, 11) is 0. The van der Waals surface area contributed by atoms with Crippen LogP contribution in [0.2, 0.25) is 0 Å². The molecule has 0 aliphatic heterocycles. The maximum absolute atomic E-state index is 12.1. The number of nitrogens with two attached hydrogens (primary N) is 1. The second-order valence-corrected chi connectivity index (χ2v) is 6.02. The zero-order chi connectivity index (χ0) is 16.2. The fourth-order valence-corrected chi connectivity index (χ4v) is 1.71. The molecular weight excluding hydrogens is 280 g/mol. The molecule has 0 saturated carbocycles. The highest BCUT2D eigenvalue weighted by molar-refractivity contribution is 5.95. The Morgan fingerprint density at radius 2 is 2.05 bits per heavy atom. The number of benzene rings is 1. The van der Waals surface area contributed by atoms with Gasteiger partial charge in [-0.15, -0.1) is 5.10 Å². The molecule has 1 heterocycles. The third kappa shape index (κ3) is 4.26. The SMILES string of the molecule is CC(C)(C)[C@H](N)C(=O)Nc1cccc(Oc2cccnn2)c1. The Hall–Kier alpha value is -2.47. The Morgan fingerprint density at radius 1 is 1.27 bits per heavy atom. The van der Waals surface area contributed by atoms with Crippen molar-refractivity contribution in [2.45, 2.75) is 26.8 Å². The minimum Gasteiger partial charge on any atom is -0.437 e. The van der Waals surface area contributed by atoms with Gasteiger partial charge in [-0.2, -0.15) is 5.10 Å². The van der Waals surface area contributed by atoms with Gasteiger partial charge in [-0.1, -0.05) is 26.8 Å². The lowest BCUT2D eigenvalue weighted by atomic mass is 9.87. The second-order valence-electron chi connectivity index (χ2n) is 6.02. The summed E-state index contributed by atoms with van der Waals surface area (Å²) in [6.45, 7) is 5.76. The number of aromatic nitrogens is 2. The molecule has 0 bridgehead atoms. The van der Waals surface area contributed by atoms with Crippen LogP contribution in [0.25, 0.3) is 0 Å². The van der Waals surface area contributed by atoms with Gasteiger partial charge in [-0.25, -0.2) is 0 Å². The van der Waals surface area contributed by atoms with Gasteiger partial charge in [0.25, 0.3) is 0 Å². The number of ether oxygens (including phenoxy) is 1. The van der Waals surface area contributed by atoms with Gasteiger partial charge >= 0.3 is 0 Å². The van der Waals surface area contributed by atoms with E-state index < -0.39 is 6.04 Å². The highest BCUT2D eigenvalue weighted by atomic mass is 16.5. The molecule has 0 radical (unpaired) electrons. The van der Waals surface area contributed by atoms with Gasteiger partial charge in [-0.05, 0) is 23.6 Å². The van der Waals surface area contributed by atoms with Crippen LogP contribution in [0.3, 0.4) is 0 Å². The van der Waals surface area contributed by atoms with Gasteiger partial charge in [0.2, 0.25) is 11.8 Å². The molecule has 0 fully saturated rings. The lowest BCUT2D eigenvalue weighted by molar-refractivity contribution is -0.119. The van der Waals surface area contributed by atoms with Crippen LogP contribution in [0.15, 0.2) is 42.6 Å². The van der Waals surface area contributed by atoms with Crippen molar-refractivity contribution in [1.82, 2.24) is 10.2 Å². The maximum Gasteiger partial charge on any atom is 0.241 e. The predicted octanol–water partition coefficient (Wildman–Crippen LogP) is 2.58. The van der Waals surface area contributed by atoms with Crippen molar-refractivity contribution in [3.63, 3.8) is 0 Å². The van der Waals surface area contributed by atoms with E-state index in [9.17, 15) is 4.79 Å². The van der Waals surface area contributed by atoms with Crippen LogP contribution in [0, 0.1) is 5.41 Å². The Labute approximate surface area is 129 Å². The molecule has 0 spiro atoms. The average molecular weight is 300 g/mol. The number of amides is 1. The van der Waals surface area contributed by atoms with Gasteiger partial charge in [0, 0.05) is 24.0 Å². The fourth-order valence-electron chi connectivity index (χ4n) is 1.71. The molecule has 0 saturated heterocycles. The van der Waals surface area contributed by atoms with Crippen LogP contribution < -0.4 is 15.8 Å². The van der Waals surface area contributed by atoms with E-state index in [4.69, 9.17) is 10.5 Å². The van der Waals surface area contributed by atoms with E-state index >= 15 is 0 Å². The van der Waals surface area contributed by atoms with E-state index in [-0.39, 0.29) is 11.3 Å². The van der Waals surface area contributed by atoms with E-state index in [1.54, 1.807) is 42.6 Å². The Morgan fingerprint density at radius 3 is 2.68 bits per heavy atom. The molecule has 1 atom stereocenters. The number of nitrogens with zero attached hydrogens (tertiary/aromatic N) is 2. The second kappa shape index (κ2) is 6.53. The van der Waals surface area contributed by atoms with E-state index in [2.05, 4.69) is 15.5 Å². The van der Waals surface area contributed by atoms with E-state index in [0.29, 0.717) is 17.3 Å². The summed E-state index contributed by atoms with van der Waals surface area (Å²) in [6.07, 6.45) is 1.57. The van der Waals surface area contributed by atoms with E-state index in [0.717, 1.165) is 0 Å². The molecule has 6 nitrogen and oxygen atoms in total. The smallest absolute Gasteiger partial charge is 0.241 e. The Bertz CT molecular complexity index is 638. The number of anilines is 1. The van der Waals surface area contributed by atoms with Crippen molar-refractivity contribution < 1.29 is 9.53 Å². The summed E-state index contributed by atoms with van der Waals surface area (Å²) >= 11 is 0. The van der Waals surface area contributed by atoms with Crippen LogP contribution in [-0.4, -0.2) is 22.1 Å². The average Bonchev–Trinajstić information content (AvgIpc) is 2.47. The summed E-state index contributed by atoms with van der Waals surface area (Å²) in [5.74, 6) is 0.712. The molecule has 0 aliphatic carbocycles. The summed E-state index contributed by atoms with van der Waals surface area (Å²) in [4.78, 5) is 12.1. The fraction of sp³-hybridized carbons (Fsp3) is 0.312. The van der Waals surface area contributed by atoms with Crippen LogP contribution in [0.5, 0.6) is 11.6 Å². The first-order valence-electron chi connectivity index (χ1n) is 6.98. The molecule has 22 heavy (non-hydrogen) atoms. The maximum atomic E-state index is 12.1. The summed E-state index contributed by atoms with van der Waals surface area (Å²) in [5, 5.41) is 10.4. The minimum atomic E-state index is -0.600. The molecule has 2 aromatic rings. The van der Waals surface area contributed by atoms with Gasteiger partial charge in [0.1, 0.15) is 5.75 Å². The predicted molar refractivity (Wildman–Crippen MR) is 84.6 cm³/mol. The third-order valence-electron chi connectivity index (χ3n) is 3.09. The highest BCUT2D eigenvalue weighted by Gasteiger charge is 2.27. The van der Waals surface area contributed by atoms with Gasteiger partial charge in [0.15, 0.2) is 0 Å². The first-order valence-corrected chi connectivity index (χ1v) is 6.98. The quantitative estimate of drug-likeness (QED) is 0.905. The standard InChI is InChI=1S/C16H20N4O2/c1-16(2,3)14(17)15(21)19-11-6-4-7-12(10-11)22-13-8-5-9-18-20-13/h4-10,14H,17H2,1-3H3,(H,19,21)/t14-/m1/s1. The summed E-state index contributed by atoms with van der Waals surface area (Å²) in [6, 6.07) is 9.87. The first kappa shape index (κ1) is 15.9. The van der Waals surface area contributed by atoms with Crippen molar-refractivity contribution in [1.29, 1.82) is 0 Å². The van der Waals surface area contributed by atoms with Crippen LogP contribution in [0.4, 0.5) is 5.69 Å². The monoisotopic (exact) mass is 300 g/mol. The molecule has 1 amide bonds. The van der Waals surface area contributed by atoms with Gasteiger partial charge in [-0.3, -0.25) is 4.79 Å². The van der Waals surface area contributed by atoms with Crippen LogP contribution in [-0.2, 0) is 4.79 Å². The number of carbonyl (C=O) groups excluding carboxylic acids is 1. The van der Waals surface area contributed by atoms with E-state index in [1.807, 2.05) is 20.8 Å². The zero-order valence-electron chi connectivity index (χ0n) is 12.9. The third-order valence-corrected chi connectivity index (χ3v) is 3.09. The first-order chi connectivity index (χ1) is 10.4. The Balaban J connectivity index is 2.07. The van der Waals surface area contributed by atoms with Crippen molar-refractivity contribution in [3.05, 3.63) is 42.6 Å². The van der Waals surface area contributed by atoms with Gasteiger partial charge in [0.05, 0.1) is 6.04 Å². The Kier molecular flexibility index (Phi) is 4.72.